The van der Waals surface area contributed by atoms with E-state index in [9.17, 15) is 23.5 Å². The summed E-state index contributed by atoms with van der Waals surface area (Å²) < 4.78 is 25.9. The molecule has 9 heteroatoms. The van der Waals surface area contributed by atoms with Crippen LogP contribution in [0.1, 0.15) is 28.4 Å². The Hall–Kier alpha value is -3.32. The molecule has 7 nitrogen and oxygen atoms in total. The number of halogens is 2. The van der Waals surface area contributed by atoms with Crippen LogP contribution in [0.5, 0.6) is 0 Å². The summed E-state index contributed by atoms with van der Waals surface area (Å²) in [5, 5.41) is 23.5. The number of amides is 2. The highest BCUT2D eigenvalue weighted by molar-refractivity contribution is 5.94. The molecular formula is C22H23F2N3O4. The number of hydrogen-bond donors (Lipinski definition) is 5. The highest BCUT2D eigenvalue weighted by Gasteiger charge is 2.44. The molecule has 0 spiro atoms. The maximum absolute atomic E-state index is 13.0. The number of carbonyl (C=O) groups is 2. The molecule has 164 valence electrons. The van der Waals surface area contributed by atoms with Crippen molar-refractivity contribution in [2.75, 3.05) is 13.1 Å². The zero-order valence-corrected chi connectivity index (χ0v) is 16.7. The van der Waals surface area contributed by atoms with Crippen molar-refractivity contribution in [1.82, 2.24) is 16.1 Å². The topological polar surface area (TPSA) is 111 Å². The molecule has 0 heterocycles. The van der Waals surface area contributed by atoms with E-state index in [0.29, 0.717) is 5.56 Å². The molecule has 2 aromatic carbocycles. The van der Waals surface area contributed by atoms with Crippen molar-refractivity contribution in [3.63, 3.8) is 0 Å². The van der Waals surface area contributed by atoms with Gasteiger partial charge in [0.15, 0.2) is 0 Å². The molecule has 5 N–H and O–H groups in total. The van der Waals surface area contributed by atoms with Gasteiger partial charge in [0, 0.05) is 29.8 Å². The quantitative estimate of drug-likeness (QED) is 0.187. The first-order chi connectivity index (χ1) is 14.8. The number of alkyl halides is 2. The maximum Gasteiger partial charge on any atom is 0.268 e. The van der Waals surface area contributed by atoms with Crippen LogP contribution in [0.2, 0.25) is 0 Å². The molecule has 0 aliphatic heterocycles. The molecule has 0 aromatic heterocycles. The van der Waals surface area contributed by atoms with E-state index >= 15 is 0 Å². The predicted molar refractivity (Wildman–Crippen MR) is 110 cm³/mol. The maximum atomic E-state index is 13.0. The Morgan fingerprint density at radius 1 is 1.00 bits per heavy atom. The van der Waals surface area contributed by atoms with Gasteiger partial charge in [-0.15, -0.1) is 0 Å². The van der Waals surface area contributed by atoms with Gasteiger partial charge in [0.05, 0.1) is 0 Å². The molecule has 0 aliphatic carbocycles. The zero-order chi connectivity index (χ0) is 22.9. The summed E-state index contributed by atoms with van der Waals surface area (Å²) >= 11 is 0. The lowest BCUT2D eigenvalue weighted by atomic mass is 9.96. The smallest absolute Gasteiger partial charge is 0.268 e. The van der Waals surface area contributed by atoms with Crippen LogP contribution in [0.25, 0.3) is 0 Å². The lowest BCUT2D eigenvalue weighted by Gasteiger charge is -2.31. The Labute approximate surface area is 178 Å². The summed E-state index contributed by atoms with van der Waals surface area (Å²) in [6.45, 7) is 0.654. The first-order valence-corrected chi connectivity index (χ1v) is 9.39. The normalized spacial score (nSPS) is 13.5. The largest absolute Gasteiger partial charge is 0.382 e. The number of benzene rings is 2. The summed E-state index contributed by atoms with van der Waals surface area (Å²) in [7, 11) is 0. The Kier molecular flexibility index (Phi) is 8.63. The predicted octanol–water partition coefficient (Wildman–Crippen LogP) is 1.30. The summed E-state index contributed by atoms with van der Waals surface area (Å²) in [6, 6.07) is 14.3. The number of nitrogens with one attached hydrogen (secondary N) is 3. The number of hydrogen-bond acceptors (Lipinski definition) is 5. The van der Waals surface area contributed by atoms with Crippen LogP contribution in [0, 0.1) is 11.8 Å². The number of carbonyl (C=O) groups excluding carboxylic acids is 2. The molecule has 0 saturated heterocycles. The second kappa shape index (κ2) is 11.2. The summed E-state index contributed by atoms with van der Waals surface area (Å²) in [5.74, 6) is 4.38. The number of aliphatic hydroxyl groups is 1. The zero-order valence-electron chi connectivity index (χ0n) is 16.7. The molecule has 0 aliphatic rings. The third-order valence-electron chi connectivity index (χ3n) is 4.43. The Balaban J connectivity index is 1.88. The van der Waals surface area contributed by atoms with Gasteiger partial charge >= 0.3 is 0 Å². The van der Waals surface area contributed by atoms with Crippen molar-refractivity contribution < 1.29 is 28.7 Å². The van der Waals surface area contributed by atoms with Crippen molar-refractivity contribution in [3.8, 4) is 11.8 Å². The molecule has 0 bridgehead atoms. The van der Waals surface area contributed by atoms with E-state index in [1.807, 2.05) is 30.3 Å². The molecule has 0 saturated carbocycles. The first-order valence-electron chi connectivity index (χ1n) is 9.39. The minimum absolute atomic E-state index is 0.0110. The van der Waals surface area contributed by atoms with Gasteiger partial charge in [0.25, 0.3) is 18.2 Å². The fourth-order valence-corrected chi connectivity index (χ4v) is 2.62. The van der Waals surface area contributed by atoms with E-state index in [-0.39, 0.29) is 13.1 Å². The van der Waals surface area contributed by atoms with E-state index in [2.05, 4.69) is 22.5 Å². The minimum Gasteiger partial charge on any atom is -0.382 e. The lowest BCUT2D eigenvalue weighted by Crippen LogP contribution is -2.61. The molecule has 2 atom stereocenters. The molecule has 0 radical (unpaired) electrons. The van der Waals surface area contributed by atoms with Gasteiger partial charge in [-0.1, -0.05) is 30.0 Å². The molecule has 2 amide bonds. The van der Waals surface area contributed by atoms with Crippen molar-refractivity contribution in [3.05, 3.63) is 71.3 Å². The minimum atomic E-state index is -3.24. The Morgan fingerprint density at radius 3 is 2.13 bits per heavy atom. The molecule has 0 unspecified atom stereocenters. The third kappa shape index (κ3) is 6.86. The van der Waals surface area contributed by atoms with Crippen molar-refractivity contribution in [2.24, 2.45) is 0 Å². The molecular weight excluding hydrogens is 408 g/mol. The summed E-state index contributed by atoms with van der Waals surface area (Å²) in [4.78, 5) is 23.8. The van der Waals surface area contributed by atoms with Gasteiger partial charge in [0.2, 0.25) is 0 Å². The highest BCUT2D eigenvalue weighted by atomic mass is 19.3. The molecule has 2 aromatic rings. The second-order valence-electron chi connectivity index (χ2n) is 6.84. The summed E-state index contributed by atoms with van der Waals surface area (Å²) in [6.07, 6.45) is -3.24. The first kappa shape index (κ1) is 24.0. The van der Waals surface area contributed by atoms with Crippen LogP contribution in [0.4, 0.5) is 8.78 Å². The average Bonchev–Trinajstić information content (AvgIpc) is 2.77. The van der Waals surface area contributed by atoms with E-state index in [0.717, 1.165) is 18.1 Å². The molecule has 31 heavy (non-hydrogen) atoms. The van der Waals surface area contributed by atoms with Crippen LogP contribution < -0.4 is 16.1 Å². The van der Waals surface area contributed by atoms with Crippen molar-refractivity contribution in [2.45, 2.75) is 25.0 Å². The SMILES string of the molecule is C[C@@](O)(C(F)F)[C@H](NCCNC(=O)c1ccc(C#Cc2ccccc2)cc1)C(=O)NO. The van der Waals surface area contributed by atoms with Gasteiger partial charge in [-0.05, 0) is 43.3 Å². The van der Waals surface area contributed by atoms with Crippen molar-refractivity contribution >= 4 is 11.8 Å². The van der Waals surface area contributed by atoms with E-state index in [1.165, 1.54) is 5.48 Å². The number of rotatable bonds is 8. The molecule has 0 fully saturated rings. The fourth-order valence-electron chi connectivity index (χ4n) is 2.62. The van der Waals surface area contributed by atoms with Gasteiger partial charge in [-0.3, -0.25) is 14.8 Å². The lowest BCUT2D eigenvalue weighted by molar-refractivity contribution is -0.150. The highest BCUT2D eigenvalue weighted by Crippen LogP contribution is 2.19. The van der Waals surface area contributed by atoms with Crippen LogP contribution in [0.3, 0.4) is 0 Å². The van der Waals surface area contributed by atoms with Crippen molar-refractivity contribution in [1.29, 1.82) is 0 Å². The Morgan fingerprint density at radius 2 is 1.58 bits per heavy atom. The van der Waals surface area contributed by atoms with Gasteiger partial charge in [-0.2, -0.15) is 0 Å². The second-order valence-corrected chi connectivity index (χ2v) is 6.84. The standard InChI is InChI=1S/C22H23F2N3O4/c1-22(30,21(23)24)18(20(29)27-31)25-13-14-26-19(28)17-11-9-16(10-12-17)8-7-15-5-3-2-4-6-15/h2-6,9-12,18,21,25,30-31H,13-14H2,1H3,(H,26,28)(H,27,29)/t18-,22+/m1/s1. The van der Waals surface area contributed by atoms with Gasteiger partial charge < -0.3 is 15.7 Å². The third-order valence-corrected chi connectivity index (χ3v) is 4.43. The van der Waals surface area contributed by atoms with Crippen LogP contribution in [-0.2, 0) is 4.79 Å². The average molecular weight is 431 g/mol. The van der Waals surface area contributed by atoms with E-state index < -0.39 is 29.9 Å². The fraction of sp³-hybridized carbons (Fsp3) is 0.273. The van der Waals surface area contributed by atoms with Gasteiger partial charge in [0.1, 0.15) is 11.6 Å². The van der Waals surface area contributed by atoms with Crippen LogP contribution in [-0.4, -0.2) is 53.3 Å². The monoisotopic (exact) mass is 431 g/mol. The molecule has 2 rings (SSSR count). The van der Waals surface area contributed by atoms with Crippen LogP contribution in [0.15, 0.2) is 54.6 Å². The Bertz CT molecular complexity index is 939. The van der Waals surface area contributed by atoms with E-state index in [4.69, 9.17) is 5.21 Å². The van der Waals surface area contributed by atoms with Gasteiger partial charge in [-0.25, -0.2) is 14.3 Å². The summed E-state index contributed by atoms with van der Waals surface area (Å²) in [5.41, 5.74) is 0.491. The number of hydroxylamine groups is 1. The van der Waals surface area contributed by atoms with Crippen LogP contribution >= 0.6 is 0 Å². The van der Waals surface area contributed by atoms with E-state index in [1.54, 1.807) is 24.3 Å².